The van der Waals surface area contributed by atoms with Gasteiger partial charge >= 0.3 is 0 Å². The van der Waals surface area contributed by atoms with Gasteiger partial charge in [-0.2, -0.15) is 0 Å². The highest BCUT2D eigenvalue weighted by molar-refractivity contribution is 7.92. The Hall–Kier alpha value is -3.03. The molecule has 0 aliphatic heterocycles. The Morgan fingerprint density at radius 3 is 2.41 bits per heavy atom. The van der Waals surface area contributed by atoms with Crippen molar-refractivity contribution in [2.45, 2.75) is 31.6 Å². The average molecular weight is 501 g/mol. The number of carbonyl (C=O) groups is 1. The molecular formula is C26H29ClN2O4S. The minimum absolute atomic E-state index is 0.0703. The number of sulfonamides is 1. The first kappa shape index (κ1) is 25.6. The summed E-state index contributed by atoms with van der Waals surface area (Å²) in [4.78, 5) is 12.8. The van der Waals surface area contributed by atoms with Crippen LogP contribution in [0.3, 0.4) is 0 Å². The summed E-state index contributed by atoms with van der Waals surface area (Å²) in [6, 6.07) is 19.0. The fraction of sp³-hybridized carbons (Fsp3) is 0.269. The second-order valence-electron chi connectivity index (χ2n) is 8.04. The van der Waals surface area contributed by atoms with Gasteiger partial charge in [-0.3, -0.25) is 9.10 Å². The number of ether oxygens (including phenoxy) is 1. The summed E-state index contributed by atoms with van der Waals surface area (Å²) in [7, 11) is -2.35. The zero-order chi connectivity index (χ0) is 24.7. The highest BCUT2D eigenvalue weighted by Crippen LogP contribution is 2.26. The number of rotatable bonds is 10. The summed E-state index contributed by atoms with van der Waals surface area (Å²) in [6.45, 7) is 3.96. The lowest BCUT2D eigenvalue weighted by molar-refractivity contribution is -0.119. The fourth-order valence-electron chi connectivity index (χ4n) is 3.46. The summed E-state index contributed by atoms with van der Waals surface area (Å²) in [5.41, 5.74) is 3.52. The van der Waals surface area contributed by atoms with Crippen molar-refractivity contribution < 1.29 is 17.9 Å². The molecule has 3 aromatic carbocycles. The van der Waals surface area contributed by atoms with Crippen LogP contribution in [0.15, 0.2) is 71.6 Å². The monoisotopic (exact) mass is 500 g/mol. The molecule has 6 nitrogen and oxygen atoms in total. The van der Waals surface area contributed by atoms with E-state index in [4.69, 9.17) is 16.3 Å². The molecule has 0 bridgehead atoms. The van der Waals surface area contributed by atoms with Gasteiger partial charge in [-0.15, -0.1) is 0 Å². The van der Waals surface area contributed by atoms with Crippen molar-refractivity contribution in [2.75, 3.05) is 24.5 Å². The molecule has 0 fully saturated rings. The van der Waals surface area contributed by atoms with Gasteiger partial charge in [-0.05, 0) is 91.9 Å². The van der Waals surface area contributed by atoms with E-state index in [0.717, 1.165) is 33.2 Å². The number of hydrogen-bond acceptors (Lipinski definition) is 4. The van der Waals surface area contributed by atoms with E-state index < -0.39 is 10.0 Å². The minimum atomic E-state index is -3.98. The van der Waals surface area contributed by atoms with E-state index in [9.17, 15) is 13.2 Å². The van der Waals surface area contributed by atoms with Crippen molar-refractivity contribution in [2.24, 2.45) is 0 Å². The normalized spacial score (nSPS) is 11.2. The second-order valence-corrected chi connectivity index (χ2v) is 10.3. The Labute approximate surface area is 206 Å². The third kappa shape index (κ3) is 6.52. The second kappa shape index (κ2) is 11.4. The van der Waals surface area contributed by atoms with E-state index >= 15 is 0 Å². The number of aryl methyl sites for hydroxylation is 3. The first-order valence-corrected chi connectivity index (χ1v) is 12.8. The lowest BCUT2D eigenvalue weighted by atomic mass is 10.1. The quantitative estimate of drug-likeness (QED) is 0.401. The molecule has 0 aliphatic carbocycles. The Kier molecular flexibility index (Phi) is 8.58. The predicted octanol–water partition coefficient (Wildman–Crippen LogP) is 4.91. The van der Waals surface area contributed by atoms with Crippen LogP contribution in [0.25, 0.3) is 0 Å². The Balaban J connectivity index is 1.72. The highest BCUT2D eigenvalue weighted by atomic mass is 35.5. The molecule has 0 heterocycles. The van der Waals surface area contributed by atoms with Crippen molar-refractivity contribution in [3.63, 3.8) is 0 Å². The SMILES string of the molecule is COc1cccc(CCCNC(=O)CN(c2ccc(C)c(C)c2)S(=O)(=O)c2ccc(Cl)cc2)c1. The standard InChI is InChI=1S/C26H29ClN2O4S/c1-19-9-12-23(16-20(19)2)29(34(31,32)25-13-10-22(27)11-14-25)18-26(30)28-15-5-7-21-6-4-8-24(17-21)33-3/h4,6,8-14,16-17H,5,7,15,18H2,1-3H3,(H,28,30). The van der Waals surface area contributed by atoms with Crippen LogP contribution >= 0.6 is 11.6 Å². The van der Waals surface area contributed by atoms with Crippen molar-refractivity contribution in [3.05, 3.63) is 88.4 Å². The number of amides is 1. The summed E-state index contributed by atoms with van der Waals surface area (Å²) in [5.74, 6) is 0.416. The number of hydrogen-bond donors (Lipinski definition) is 1. The van der Waals surface area contributed by atoms with Crippen LogP contribution in [0.1, 0.15) is 23.1 Å². The van der Waals surface area contributed by atoms with Crippen LogP contribution < -0.4 is 14.4 Å². The minimum Gasteiger partial charge on any atom is -0.497 e. The molecule has 0 saturated carbocycles. The third-order valence-corrected chi connectivity index (χ3v) is 7.61. The van der Waals surface area contributed by atoms with E-state index in [-0.39, 0.29) is 17.3 Å². The molecule has 0 aliphatic rings. The molecular weight excluding hydrogens is 472 g/mol. The number of nitrogens with one attached hydrogen (secondary N) is 1. The van der Waals surface area contributed by atoms with Crippen LogP contribution in [0.5, 0.6) is 5.75 Å². The van der Waals surface area contributed by atoms with Gasteiger partial charge in [0.15, 0.2) is 0 Å². The molecule has 1 N–H and O–H groups in total. The van der Waals surface area contributed by atoms with Gasteiger partial charge in [-0.25, -0.2) is 8.42 Å². The molecule has 8 heteroatoms. The number of nitrogens with zero attached hydrogens (tertiary/aromatic N) is 1. The van der Waals surface area contributed by atoms with Gasteiger partial charge in [0.25, 0.3) is 10.0 Å². The smallest absolute Gasteiger partial charge is 0.264 e. The van der Waals surface area contributed by atoms with Gasteiger partial charge in [-0.1, -0.05) is 29.8 Å². The van der Waals surface area contributed by atoms with Crippen molar-refractivity contribution in [1.82, 2.24) is 5.32 Å². The molecule has 180 valence electrons. The molecule has 0 spiro atoms. The Morgan fingerprint density at radius 1 is 1.00 bits per heavy atom. The highest BCUT2D eigenvalue weighted by Gasteiger charge is 2.27. The zero-order valence-corrected chi connectivity index (χ0v) is 21.1. The lowest BCUT2D eigenvalue weighted by Gasteiger charge is -2.25. The summed E-state index contributed by atoms with van der Waals surface area (Å²) >= 11 is 5.93. The van der Waals surface area contributed by atoms with E-state index in [2.05, 4.69) is 5.32 Å². The van der Waals surface area contributed by atoms with Crippen LogP contribution in [0.4, 0.5) is 5.69 Å². The third-order valence-electron chi connectivity index (χ3n) is 5.57. The first-order chi connectivity index (χ1) is 16.2. The topological polar surface area (TPSA) is 75.7 Å². The van der Waals surface area contributed by atoms with Crippen molar-refractivity contribution in [1.29, 1.82) is 0 Å². The number of benzene rings is 3. The van der Waals surface area contributed by atoms with E-state index in [1.54, 1.807) is 19.2 Å². The van der Waals surface area contributed by atoms with E-state index in [0.29, 0.717) is 23.7 Å². The van der Waals surface area contributed by atoms with Gasteiger partial charge in [0.2, 0.25) is 5.91 Å². The maximum Gasteiger partial charge on any atom is 0.264 e. The Morgan fingerprint density at radius 2 is 1.74 bits per heavy atom. The molecule has 0 atom stereocenters. The van der Waals surface area contributed by atoms with Crippen molar-refractivity contribution in [3.8, 4) is 5.75 Å². The summed E-state index contributed by atoms with van der Waals surface area (Å²) in [5, 5.41) is 3.28. The maximum absolute atomic E-state index is 13.4. The maximum atomic E-state index is 13.4. The van der Waals surface area contributed by atoms with E-state index in [1.807, 2.05) is 44.2 Å². The molecule has 3 rings (SSSR count). The lowest BCUT2D eigenvalue weighted by Crippen LogP contribution is -2.41. The van der Waals surface area contributed by atoms with Crippen LogP contribution in [0, 0.1) is 13.8 Å². The van der Waals surface area contributed by atoms with E-state index in [1.165, 1.54) is 24.3 Å². The van der Waals surface area contributed by atoms with Crippen LogP contribution in [-0.4, -0.2) is 34.5 Å². The largest absolute Gasteiger partial charge is 0.497 e. The molecule has 34 heavy (non-hydrogen) atoms. The fourth-order valence-corrected chi connectivity index (χ4v) is 5.00. The van der Waals surface area contributed by atoms with Crippen LogP contribution in [-0.2, 0) is 21.2 Å². The molecule has 0 radical (unpaired) electrons. The number of halogens is 1. The summed E-state index contributed by atoms with van der Waals surface area (Å²) < 4.78 is 33.3. The average Bonchev–Trinajstić information content (AvgIpc) is 2.82. The zero-order valence-electron chi connectivity index (χ0n) is 19.5. The van der Waals surface area contributed by atoms with Gasteiger partial charge < -0.3 is 10.1 Å². The van der Waals surface area contributed by atoms with Gasteiger partial charge in [0, 0.05) is 11.6 Å². The van der Waals surface area contributed by atoms with Crippen molar-refractivity contribution >= 4 is 33.2 Å². The van der Waals surface area contributed by atoms with Gasteiger partial charge in [0.05, 0.1) is 17.7 Å². The Bertz CT molecular complexity index is 1240. The predicted molar refractivity (Wildman–Crippen MR) is 136 cm³/mol. The van der Waals surface area contributed by atoms with Gasteiger partial charge in [0.1, 0.15) is 12.3 Å². The summed E-state index contributed by atoms with van der Waals surface area (Å²) in [6.07, 6.45) is 1.48. The number of methoxy groups -OCH3 is 1. The number of carbonyl (C=O) groups excluding carboxylic acids is 1. The number of anilines is 1. The first-order valence-electron chi connectivity index (χ1n) is 11.0. The molecule has 0 aromatic heterocycles. The van der Waals surface area contributed by atoms with Crippen LogP contribution in [0.2, 0.25) is 5.02 Å². The molecule has 1 amide bonds. The molecule has 0 unspecified atom stereocenters. The molecule has 3 aromatic rings. The molecule has 0 saturated heterocycles.